The molecule has 0 aliphatic heterocycles. The van der Waals surface area contributed by atoms with Crippen molar-refractivity contribution in [3.63, 3.8) is 0 Å². The lowest BCUT2D eigenvalue weighted by Gasteiger charge is -2.16. The molecule has 0 spiro atoms. The molecular weight excluding hydrogens is 629 g/mol. The van der Waals surface area contributed by atoms with Crippen molar-refractivity contribution < 1.29 is 8.83 Å². The summed E-state index contributed by atoms with van der Waals surface area (Å²) in [6.07, 6.45) is 6.56. The largest absolute Gasteiger partial charge is 0.456 e. The summed E-state index contributed by atoms with van der Waals surface area (Å²) >= 11 is 0. The Morgan fingerprint density at radius 1 is 0.510 bits per heavy atom. The van der Waals surface area contributed by atoms with Crippen LogP contribution in [-0.2, 0) is 6.42 Å². The fourth-order valence-electron chi connectivity index (χ4n) is 7.84. The van der Waals surface area contributed by atoms with Crippen LogP contribution in [0.25, 0.3) is 101 Å². The highest BCUT2D eigenvalue weighted by atomic mass is 16.3. The van der Waals surface area contributed by atoms with Crippen molar-refractivity contribution in [2.45, 2.75) is 12.8 Å². The van der Waals surface area contributed by atoms with Gasteiger partial charge in [-0.25, -0.2) is 15.0 Å². The van der Waals surface area contributed by atoms with Crippen LogP contribution in [0.4, 0.5) is 0 Å². The molecule has 0 atom stereocenters. The van der Waals surface area contributed by atoms with Crippen molar-refractivity contribution in [2.75, 3.05) is 0 Å². The van der Waals surface area contributed by atoms with Gasteiger partial charge in [-0.3, -0.25) is 0 Å². The third-order valence-electron chi connectivity index (χ3n) is 10.2. The first-order valence-corrected chi connectivity index (χ1v) is 17.3. The highest BCUT2D eigenvalue weighted by Crippen LogP contribution is 2.39. The number of fused-ring (bicyclic) bond motifs is 9. The van der Waals surface area contributed by atoms with Crippen LogP contribution in [0.5, 0.6) is 0 Å². The lowest BCUT2D eigenvalue weighted by molar-refractivity contribution is 0.668. The lowest BCUT2D eigenvalue weighted by Crippen LogP contribution is -2.05. The highest BCUT2D eigenvalue weighted by molar-refractivity contribution is 6.09. The molecule has 51 heavy (non-hydrogen) atoms. The summed E-state index contributed by atoms with van der Waals surface area (Å²) in [5.41, 5.74) is 10.5. The molecule has 0 unspecified atom stereocenters. The number of benzene rings is 6. The molecule has 11 rings (SSSR count). The number of rotatable bonds is 4. The van der Waals surface area contributed by atoms with E-state index in [0.29, 0.717) is 17.5 Å². The zero-order chi connectivity index (χ0) is 33.5. The van der Waals surface area contributed by atoms with Crippen LogP contribution in [0.15, 0.2) is 148 Å². The Balaban J connectivity index is 1.18. The number of allylic oxidation sites excluding steroid dienone is 1. The normalized spacial score (nSPS) is 12.9. The maximum Gasteiger partial charge on any atom is 0.167 e. The Kier molecular flexibility index (Phi) is 5.98. The maximum absolute atomic E-state index is 6.49. The molecule has 0 saturated carbocycles. The van der Waals surface area contributed by atoms with Crippen molar-refractivity contribution in [1.29, 1.82) is 0 Å². The molecule has 6 heteroatoms. The summed E-state index contributed by atoms with van der Waals surface area (Å²) in [5, 5.41) is 5.49. The molecule has 4 heterocycles. The second-order valence-corrected chi connectivity index (χ2v) is 13.1. The van der Waals surface area contributed by atoms with Crippen LogP contribution in [-0.4, -0.2) is 19.5 Å². The second kappa shape index (κ2) is 10.9. The molecule has 6 nitrogen and oxygen atoms in total. The van der Waals surface area contributed by atoms with Crippen LogP contribution >= 0.6 is 0 Å². The van der Waals surface area contributed by atoms with E-state index in [0.717, 1.165) is 79.1 Å². The van der Waals surface area contributed by atoms with E-state index in [9.17, 15) is 0 Å². The van der Waals surface area contributed by atoms with Crippen LogP contribution in [0.3, 0.4) is 0 Å². The predicted molar refractivity (Wildman–Crippen MR) is 205 cm³/mol. The maximum atomic E-state index is 6.49. The van der Waals surface area contributed by atoms with E-state index in [-0.39, 0.29) is 0 Å². The van der Waals surface area contributed by atoms with Gasteiger partial charge in [0.25, 0.3) is 0 Å². The van der Waals surface area contributed by atoms with Gasteiger partial charge in [0.1, 0.15) is 22.3 Å². The number of hydrogen-bond donors (Lipinski definition) is 0. The van der Waals surface area contributed by atoms with Gasteiger partial charge >= 0.3 is 0 Å². The minimum absolute atomic E-state index is 0.540. The molecule has 0 saturated heterocycles. The number of nitrogens with zero attached hydrogens (tertiary/aromatic N) is 4. The molecule has 1 aliphatic rings. The summed E-state index contributed by atoms with van der Waals surface area (Å²) in [5.74, 6) is 1.67. The molecule has 0 N–H and O–H groups in total. The Morgan fingerprint density at radius 2 is 1.16 bits per heavy atom. The van der Waals surface area contributed by atoms with Gasteiger partial charge in [0.05, 0.1) is 16.8 Å². The molecule has 0 bridgehead atoms. The molecule has 4 aromatic heterocycles. The van der Waals surface area contributed by atoms with E-state index in [2.05, 4.69) is 95.6 Å². The van der Waals surface area contributed by atoms with Gasteiger partial charge in [-0.2, -0.15) is 0 Å². The van der Waals surface area contributed by atoms with Crippen LogP contribution in [0.1, 0.15) is 17.7 Å². The SMILES string of the molecule is C1=Cc2c(c3ccccc3n2-c2ccccc2-c2nc(-c3ccc4c(c3)oc3ccccc34)nc(-c3cccc4c3oc3ccccc34)n2)CC1. The lowest BCUT2D eigenvalue weighted by atomic mass is 10.0. The standard InChI is InChI=1S/C45H28N4O2/c1-6-19-36-28(12-1)29-13-2-7-20-37(29)49(36)38-21-8-3-16-34(38)44-46-43(27-24-25-32-30-14-4-9-22-39(30)50-41(32)26-27)47-45(48-44)35-18-11-17-33-31-15-5-10-23-40(31)51-42(33)35/h1,3-12,14-26H,2,13H2. The van der Waals surface area contributed by atoms with Gasteiger partial charge in [-0.05, 0) is 73.0 Å². The summed E-state index contributed by atoms with van der Waals surface area (Å²) < 4.78 is 15.1. The van der Waals surface area contributed by atoms with E-state index in [1.54, 1.807) is 0 Å². The first-order chi connectivity index (χ1) is 25.3. The molecule has 240 valence electrons. The van der Waals surface area contributed by atoms with Crippen molar-refractivity contribution in [1.82, 2.24) is 19.5 Å². The van der Waals surface area contributed by atoms with Gasteiger partial charge in [-0.1, -0.05) is 91.0 Å². The van der Waals surface area contributed by atoms with Crippen LogP contribution in [0, 0.1) is 0 Å². The molecule has 0 amide bonds. The topological polar surface area (TPSA) is 69.9 Å². The quantitative estimate of drug-likeness (QED) is 0.189. The van der Waals surface area contributed by atoms with Crippen LogP contribution < -0.4 is 0 Å². The predicted octanol–water partition coefficient (Wildman–Crippen LogP) is 11.6. The molecule has 6 aromatic carbocycles. The molecule has 1 aliphatic carbocycles. The van der Waals surface area contributed by atoms with Gasteiger partial charge in [0.2, 0.25) is 0 Å². The third kappa shape index (κ3) is 4.26. The van der Waals surface area contributed by atoms with E-state index < -0.39 is 0 Å². The monoisotopic (exact) mass is 656 g/mol. The highest BCUT2D eigenvalue weighted by Gasteiger charge is 2.23. The summed E-state index contributed by atoms with van der Waals surface area (Å²) in [7, 11) is 0. The second-order valence-electron chi connectivity index (χ2n) is 13.1. The minimum atomic E-state index is 0.540. The number of aromatic nitrogens is 4. The molecule has 0 radical (unpaired) electrons. The fourth-order valence-corrected chi connectivity index (χ4v) is 7.84. The van der Waals surface area contributed by atoms with E-state index >= 15 is 0 Å². The zero-order valence-corrected chi connectivity index (χ0v) is 27.4. The van der Waals surface area contributed by atoms with E-state index in [1.807, 2.05) is 54.6 Å². The van der Waals surface area contributed by atoms with Crippen molar-refractivity contribution in [3.05, 3.63) is 151 Å². The Bertz CT molecular complexity index is 3050. The number of hydrogen-bond acceptors (Lipinski definition) is 5. The van der Waals surface area contributed by atoms with E-state index in [1.165, 1.54) is 22.2 Å². The van der Waals surface area contributed by atoms with Gasteiger partial charge < -0.3 is 13.4 Å². The summed E-state index contributed by atoms with van der Waals surface area (Å²) in [4.78, 5) is 15.6. The summed E-state index contributed by atoms with van der Waals surface area (Å²) in [6, 6.07) is 45.7. The smallest absolute Gasteiger partial charge is 0.167 e. The van der Waals surface area contributed by atoms with Crippen molar-refractivity contribution >= 4 is 60.9 Å². The first-order valence-electron chi connectivity index (χ1n) is 17.3. The molecule has 0 fully saturated rings. The minimum Gasteiger partial charge on any atom is -0.456 e. The van der Waals surface area contributed by atoms with Crippen molar-refractivity contribution in [3.8, 4) is 39.9 Å². The van der Waals surface area contributed by atoms with Gasteiger partial charge in [0, 0.05) is 43.8 Å². The average molecular weight is 657 g/mol. The summed E-state index contributed by atoms with van der Waals surface area (Å²) in [6.45, 7) is 0. The fraction of sp³-hybridized carbons (Fsp3) is 0.0444. The number of para-hydroxylation sites is 5. The van der Waals surface area contributed by atoms with Crippen molar-refractivity contribution in [2.24, 2.45) is 0 Å². The van der Waals surface area contributed by atoms with Gasteiger partial charge in [-0.15, -0.1) is 0 Å². The average Bonchev–Trinajstić information content (AvgIpc) is 3.87. The number of furan rings is 2. The third-order valence-corrected chi connectivity index (χ3v) is 10.2. The Morgan fingerprint density at radius 3 is 2.04 bits per heavy atom. The zero-order valence-electron chi connectivity index (χ0n) is 27.4. The van der Waals surface area contributed by atoms with Crippen LogP contribution in [0.2, 0.25) is 0 Å². The molecular formula is C45H28N4O2. The number of aryl methyl sites for hydroxylation is 1. The molecule has 10 aromatic rings. The first kappa shape index (κ1) is 28.1. The van der Waals surface area contributed by atoms with E-state index in [4.69, 9.17) is 23.8 Å². The Hall–Kier alpha value is -6.79. The van der Waals surface area contributed by atoms with Gasteiger partial charge in [0.15, 0.2) is 17.5 Å². The Labute approximate surface area is 291 Å².